The fraction of sp³-hybridized carbons (Fsp3) is 0.455. The van der Waals surface area contributed by atoms with Crippen molar-refractivity contribution in [1.29, 1.82) is 0 Å². The van der Waals surface area contributed by atoms with Gasteiger partial charge in [0.2, 0.25) is 0 Å². The maximum Gasteiger partial charge on any atom is 0.134 e. The molecule has 1 atom stereocenters. The first-order valence-electron chi connectivity index (χ1n) is 5.05. The maximum atomic E-state index is 5.79. The number of halogens is 1. The van der Waals surface area contributed by atoms with Gasteiger partial charge >= 0.3 is 0 Å². The van der Waals surface area contributed by atoms with Crippen molar-refractivity contribution in [3.05, 3.63) is 29.3 Å². The normalized spacial score (nSPS) is 22.1. The number of hydrogen-bond donors (Lipinski definition) is 1. The molecule has 0 bridgehead atoms. The van der Waals surface area contributed by atoms with E-state index in [1.54, 1.807) is 0 Å². The van der Waals surface area contributed by atoms with Crippen molar-refractivity contribution in [3.8, 4) is 5.75 Å². The highest BCUT2D eigenvalue weighted by atomic mass is 35.5. The minimum atomic E-state index is 0.0775. The zero-order valence-corrected chi connectivity index (χ0v) is 9.17. The number of rotatable bonds is 2. The molecular formula is C11H14ClNO2. The molecule has 0 radical (unpaired) electrons. The number of nitrogens with one attached hydrogen (secondary N) is 1. The van der Waals surface area contributed by atoms with E-state index < -0.39 is 0 Å². The van der Waals surface area contributed by atoms with Crippen molar-refractivity contribution in [2.75, 3.05) is 26.3 Å². The second-order valence-electron chi connectivity index (χ2n) is 3.47. The summed E-state index contributed by atoms with van der Waals surface area (Å²) < 4.78 is 11.1. The third kappa shape index (κ3) is 3.38. The number of benzene rings is 1. The Labute approximate surface area is 94.3 Å². The molecule has 1 heterocycles. The average molecular weight is 228 g/mol. The van der Waals surface area contributed by atoms with Gasteiger partial charge in [0, 0.05) is 18.1 Å². The van der Waals surface area contributed by atoms with Crippen LogP contribution in [0.1, 0.15) is 0 Å². The first-order chi connectivity index (χ1) is 7.34. The molecule has 15 heavy (non-hydrogen) atoms. The molecule has 2 rings (SSSR count). The van der Waals surface area contributed by atoms with Gasteiger partial charge in [-0.25, -0.2) is 0 Å². The van der Waals surface area contributed by atoms with Crippen LogP contribution in [-0.4, -0.2) is 32.4 Å². The van der Waals surface area contributed by atoms with Gasteiger partial charge in [0.05, 0.1) is 13.2 Å². The zero-order valence-electron chi connectivity index (χ0n) is 8.41. The Hall–Kier alpha value is -0.770. The van der Waals surface area contributed by atoms with Crippen LogP contribution in [0.2, 0.25) is 5.02 Å². The smallest absolute Gasteiger partial charge is 0.134 e. The lowest BCUT2D eigenvalue weighted by Gasteiger charge is -2.16. The van der Waals surface area contributed by atoms with Crippen LogP contribution in [-0.2, 0) is 4.74 Å². The standard InChI is InChI=1S/C11H14ClNO2/c12-9-1-3-10(4-2-9)15-11-7-13-5-6-14-8-11/h1-4,11,13H,5-8H2. The summed E-state index contributed by atoms with van der Waals surface area (Å²) in [5.41, 5.74) is 0. The molecule has 1 aliphatic heterocycles. The van der Waals surface area contributed by atoms with Gasteiger partial charge in [-0.05, 0) is 24.3 Å². The van der Waals surface area contributed by atoms with Gasteiger partial charge in [0.1, 0.15) is 11.9 Å². The van der Waals surface area contributed by atoms with Crippen LogP contribution >= 0.6 is 11.6 Å². The van der Waals surface area contributed by atoms with Gasteiger partial charge < -0.3 is 14.8 Å². The molecule has 4 heteroatoms. The molecule has 82 valence electrons. The van der Waals surface area contributed by atoms with Crippen LogP contribution in [0.3, 0.4) is 0 Å². The van der Waals surface area contributed by atoms with Crippen molar-refractivity contribution in [2.24, 2.45) is 0 Å². The SMILES string of the molecule is Clc1ccc(OC2CNCCOC2)cc1. The molecule has 3 nitrogen and oxygen atoms in total. The first kappa shape index (κ1) is 10.7. The Balaban J connectivity index is 1.92. The molecule has 1 N–H and O–H groups in total. The summed E-state index contributed by atoms with van der Waals surface area (Å²) in [7, 11) is 0. The van der Waals surface area contributed by atoms with Crippen LogP contribution < -0.4 is 10.1 Å². The van der Waals surface area contributed by atoms with Crippen molar-refractivity contribution in [2.45, 2.75) is 6.10 Å². The van der Waals surface area contributed by atoms with Crippen molar-refractivity contribution >= 4 is 11.6 Å². The van der Waals surface area contributed by atoms with Gasteiger partial charge in [0.15, 0.2) is 0 Å². The largest absolute Gasteiger partial charge is 0.487 e. The summed E-state index contributed by atoms with van der Waals surface area (Å²) in [6.07, 6.45) is 0.0775. The van der Waals surface area contributed by atoms with Gasteiger partial charge in [-0.1, -0.05) is 11.6 Å². The summed E-state index contributed by atoms with van der Waals surface area (Å²) in [4.78, 5) is 0. The van der Waals surface area contributed by atoms with Crippen LogP contribution in [0.4, 0.5) is 0 Å². The van der Waals surface area contributed by atoms with E-state index in [4.69, 9.17) is 21.1 Å². The number of hydrogen-bond acceptors (Lipinski definition) is 3. The second kappa shape index (κ2) is 5.35. The Morgan fingerprint density at radius 2 is 2.13 bits per heavy atom. The van der Waals surface area contributed by atoms with E-state index in [0.29, 0.717) is 6.61 Å². The van der Waals surface area contributed by atoms with Gasteiger partial charge in [-0.3, -0.25) is 0 Å². The van der Waals surface area contributed by atoms with E-state index in [9.17, 15) is 0 Å². The predicted molar refractivity (Wildman–Crippen MR) is 59.6 cm³/mol. The minimum Gasteiger partial charge on any atom is -0.487 e. The molecule has 0 aliphatic carbocycles. The maximum absolute atomic E-state index is 5.79. The molecule has 0 aromatic heterocycles. The highest BCUT2D eigenvalue weighted by Crippen LogP contribution is 2.17. The van der Waals surface area contributed by atoms with E-state index in [2.05, 4.69) is 5.32 Å². The van der Waals surface area contributed by atoms with E-state index in [1.165, 1.54) is 0 Å². The first-order valence-corrected chi connectivity index (χ1v) is 5.43. The quantitative estimate of drug-likeness (QED) is 0.835. The minimum absolute atomic E-state index is 0.0775. The van der Waals surface area contributed by atoms with Gasteiger partial charge in [0.25, 0.3) is 0 Å². The van der Waals surface area contributed by atoms with Crippen molar-refractivity contribution in [1.82, 2.24) is 5.32 Å². The van der Waals surface area contributed by atoms with E-state index >= 15 is 0 Å². The highest BCUT2D eigenvalue weighted by Gasteiger charge is 2.13. The molecule has 1 saturated heterocycles. The molecular weight excluding hydrogens is 214 g/mol. The molecule has 1 aliphatic rings. The van der Waals surface area contributed by atoms with Crippen LogP contribution in [0.15, 0.2) is 24.3 Å². The lowest BCUT2D eigenvalue weighted by molar-refractivity contribution is 0.0729. The fourth-order valence-corrected chi connectivity index (χ4v) is 1.59. The van der Waals surface area contributed by atoms with Crippen molar-refractivity contribution < 1.29 is 9.47 Å². The zero-order chi connectivity index (χ0) is 10.5. The second-order valence-corrected chi connectivity index (χ2v) is 3.91. The molecule has 1 fully saturated rings. The van der Waals surface area contributed by atoms with Gasteiger partial charge in [-0.15, -0.1) is 0 Å². The lowest BCUT2D eigenvalue weighted by atomic mass is 10.3. The third-order valence-corrected chi connectivity index (χ3v) is 2.47. The van der Waals surface area contributed by atoms with Crippen LogP contribution in [0, 0.1) is 0 Å². The molecule has 1 unspecified atom stereocenters. The average Bonchev–Trinajstić information content (AvgIpc) is 2.50. The molecule has 0 saturated carbocycles. The van der Waals surface area contributed by atoms with Gasteiger partial charge in [-0.2, -0.15) is 0 Å². The summed E-state index contributed by atoms with van der Waals surface area (Å²) in [5.74, 6) is 0.830. The van der Waals surface area contributed by atoms with E-state index in [-0.39, 0.29) is 6.10 Å². The molecule has 1 aromatic rings. The Morgan fingerprint density at radius 3 is 2.93 bits per heavy atom. The summed E-state index contributed by atoms with van der Waals surface area (Å²) >= 11 is 5.79. The van der Waals surface area contributed by atoms with Crippen molar-refractivity contribution in [3.63, 3.8) is 0 Å². The Kier molecular flexibility index (Phi) is 3.83. The third-order valence-electron chi connectivity index (χ3n) is 2.22. The Bertz CT molecular complexity index is 294. The summed E-state index contributed by atoms with van der Waals surface area (Å²) in [6.45, 7) is 3.10. The molecule has 1 aromatic carbocycles. The van der Waals surface area contributed by atoms with E-state index in [0.717, 1.165) is 30.5 Å². The van der Waals surface area contributed by atoms with Crippen LogP contribution in [0.5, 0.6) is 5.75 Å². The molecule has 0 spiro atoms. The number of ether oxygens (including phenoxy) is 2. The predicted octanol–water partition coefficient (Wildman–Crippen LogP) is 1.71. The fourth-order valence-electron chi connectivity index (χ4n) is 1.46. The molecule has 0 amide bonds. The Morgan fingerprint density at radius 1 is 1.33 bits per heavy atom. The monoisotopic (exact) mass is 227 g/mol. The highest BCUT2D eigenvalue weighted by molar-refractivity contribution is 6.30. The summed E-state index contributed by atoms with van der Waals surface area (Å²) in [6, 6.07) is 7.38. The van der Waals surface area contributed by atoms with E-state index in [1.807, 2.05) is 24.3 Å². The van der Waals surface area contributed by atoms with Crippen LogP contribution in [0.25, 0.3) is 0 Å². The summed E-state index contributed by atoms with van der Waals surface area (Å²) in [5, 5.41) is 3.97. The topological polar surface area (TPSA) is 30.5 Å². The lowest BCUT2D eigenvalue weighted by Crippen LogP contribution is -2.31.